The molecule has 4 rings (SSSR count). The van der Waals surface area contributed by atoms with Crippen LogP contribution in [0.4, 0.5) is 18.9 Å². The molecule has 9 nitrogen and oxygen atoms in total. The predicted octanol–water partition coefficient (Wildman–Crippen LogP) is 3.57. The molecule has 1 aromatic carbocycles. The molecule has 0 saturated carbocycles. The van der Waals surface area contributed by atoms with Crippen molar-refractivity contribution in [2.75, 3.05) is 25.0 Å². The van der Waals surface area contributed by atoms with Crippen molar-refractivity contribution in [3.63, 3.8) is 0 Å². The van der Waals surface area contributed by atoms with Gasteiger partial charge in [0.25, 0.3) is 10.0 Å². The minimum atomic E-state index is -5.08. The predicted molar refractivity (Wildman–Crippen MR) is 129 cm³/mol. The number of anilines is 1. The zero-order valence-corrected chi connectivity index (χ0v) is 20.7. The molecule has 0 bridgehead atoms. The van der Waals surface area contributed by atoms with E-state index in [0.29, 0.717) is 31.1 Å². The molecule has 15 heteroatoms. The number of hydrogen-bond acceptors (Lipinski definition) is 7. The Bertz CT molecular complexity index is 1340. The van der Waals surface area contributed by atoms with Gasteiger partial charge in [-0.15, -0.1) is 11.3 Å². The maximum atomic E-state index is 12.8. The highest BCUT2D eigenvalue weighted by atomic mass is 35.5. The number of nitrogens with one attached hydrogen (secondary N) is 2. The molecule has 36 heavy (non-hydrogen) atoms. The van der Waals surface area contributed by atoms with E-state index in [9.17, 15) is 26.4 Å². The number of thiophene rings is 1. The van der Waals surface area contributed by atoms with E-state index < -0.39 is 28.2 Å². The molecule has 1 aliphatic rings. The minimum Gasteiger partial charge on any atom is -0.475 e. The van der Waals surface area contributed by atoms with Crippen LogP contribution in [0.15, 0.2) is 53.0 Å². The van der Waals surface area contributed by atoms with Crippen LogP contribution in [-0.4, -0.2) is 67.1 Å². The summed E-state index contributed by atoms with van der Waals surface area (Å²) in [5.74, 6) is -2.96. The zero-order chi connectivity index (χ0) is 26.5. The number of likely N-dealkylation sites (tertiary alicyclic amines) is 1. The van der Waals surface area contributed by atoms with Gasteiger partial charge in [-0.05, 0) is 42.1 Å². The van der Waals surface area contributed by atoms with Crippen molar-refractivity contribution < 1.29 is 36.3 Å². The summed E-state index contributed by atoms with van der Waals surface area (Å²) in [5, 5.41) is 11.7. The van der Waals surface area contributed by atoms with Crippen molar-refractivity contribution in [2.45, 2.75) is 22.8 Å². The maximum Gasteiger partial charge on any atom is 0.490 e. The molecule has 3 heterocycles. The molecule has 0 spiro atoms. The Balaban J connectivity index is 0.000000454. The van der Waals surface area contributed by atoms with E-state index in [4.69, 9.17) is 21.5 Å². The third kappa shape index (κ3) is 7.29. The molecule has 0 radical (unpaired) electrons. The number of carbonyl (C=O) groups is 2. The number of carbonyl (C=O) groups excluding carboxylic acids is 1. The summed E-state index contributed by atoms with van der Waals surface area (Å²) in [5.41, 5.74) is 0.925. The molecule has 194 valence electrons. The summed E-state index contributed by atoms with van der Waals surface area (Å²) in [7, 11) is -3.78. The van der Waals surface area contributed by atoms with E-state index in [1.54, 1.807) is 41.6 Å². The van der Waals surface area contributed by atoms with Crippen molar-refractivity contribution in [3.8, 4) is 0 Å². The van der Waals surface area contributed by atoms with Crippen LogP contribution in [0.2, 0.25) is 5.02 Å². The number of pyridine rings is 1. The Kier molecular flexibility index (Phi) is 8.76. The van der Waals surface area contributed by atoms with Gasteiger partial charge in [-0.3, -0.25) is 9.78 Å². The van der Waals surface area contributed by atoms with Gasteiger partial charge in [0.1, 0.15) is 10.3 Å². The smallest absolute Gasteiger partial charge is 0.475 e. The normalized spacial score (nSPS) is 16.1. The first-order valence-corrected chi connectivity index (χ1v) is 13.0. The summed E-state index contributed by atoms with van der Waals surface area (Å²) in [6, 6.07) is 9.80. The summed E-state index contributed by atoms with van der Waals surface area (Å²) in [4.78, 5) is 27.1. The van der Waals surface area contributed by atoms with Crippen LogP contribution >= 0.6 is 22.9 Å². The van der Waals surface area contributed by atoms with E-state index in [1.807, 2.05) is 12.1 Å². The van der Waals surface area contributed by atoms with Gasteiger partial charge in [-0.1, -0.05) is 17.7 Å². The second kappa shape index (κ2) is 11.4. The third-order valence-corrected chi connectivity index (χ3v) is 8.23. The van der Waals surface area contributed by atoms with Crippen LogP contribution in [0.5, 0.6) is 0 Å². The quantitative estimate of drug-likeness (QED) is 0.400. The number of carboxylic acid groups (broad SMARTS) is 1. The molecule has 1 atom stereocenters. The number of nitrogens with zero attached hydrogens (tertiary/aromatic N) is 2. The third-order valence-electron chi connectivity index (χ3n) is 4.95. The van der Waals surface area contributed by atoms with Gasteiger partial charge in [0.05, 0.1) is 0 Å². The second-order valence-corrected chi connectivity index (χ2v) is 11.0. The Morgan fingerprint density at radius 2 is 1.89 bits per heavy atom. The van der Waals surface area contributed by atoms with E-state index >= 15 is 0 Å². The molecule has 0 unspecified atom stereocenters. The fourth-order valence-electron chi connectivity index (χ4n) is 3.23. The number of aliphatic carboxylic acids is 1. The van der Waals surface area contributed by atoms with Gasteiger partial charge < -0.3 is 15.3 Å². The molecule has 2 aromatic heterocycles. The fourth-order valence-corrected chi connectivity index (χ4v) is 6.15. The lowest BCUT2D eigenvalue weighted by Gasteiger charge is -2.17. The number of benzene rings is 1. The van der Waals surface area contributed by atoms with Crippen molar-refractivity contribution >= 4 is 60.6 Å². The van der Waals surface area contributed by atoms with E-state index in [2.05, 4.69) is 15.0 Å². The van der Waals surface area contributed by atoms with Crippen LogP contribution in [-0.2, 0) is 19.6 Å². The van der Waals surface area contributed by atoms with Crippen LogP contribution in [0.3, 0.4) is 0 Å². The Morgan fingerprint density at radius 1 is 1.22 bits per heavy atom. The standard InChI is InChI=1S/C19H19ClN4O3S2.C2HF3O2/c20-14-2-1-13-11-18(28-17(13)12-14)29(26,27)23-16-5-9-24(19(16)25)10-8-22-15-3-6-21-7-4-15;3-2(4,5)1(6)7/h1-4,6-7,11-12,16,23H,5,8-10H2,(H,21,22);(H,6,7)/t16-;/m0./s1. The lowest BCUT2D eigenvalue weighted by atomic mass is 10.3. The fraction of sp³-hybridized carbons (Fsp3) is 0.286. The molecule has 3 N–H and O–H groups in total. The molecule has 0 aliphatic carbocycles. The van der Waals surface area contributed by atoms with Crippen LogP contribution in [0.25, 0.3) is 10.1 Å². The van der Waals surface area contributed by atoms with Crippen molar-refractivity contribution in [2.24, 2.45) is 0 Å². The topological polar surface area (TPSA) is 129 Å². The Labute approximate surface area is 212 Å². The lowest BCUT2D eigenvalue weighted by molar-refractivity contribution is -0.192. The maximum absolute atomic E-state index is 12.8. The van der Waals surface area contributed by atoms with Gasteiger partial charge in [0.2, 0.25) is 5.91 Å². The number of alkyl halides is 3. The Morgan fingerprint density at radius 3 is 2.53 bits per heavy atom. The molecule has 1 saturated heterocycles. The molecule has 1 aliphatic heterocycles. The molecular formula is C21H20ClF3N4O5S2. The van der Waals surface area contributed by atoms with Crippen LogP contribution in [0.1, 0.15) is 6.42 Å². The lowest BCUT2D eigenvalue weighted by Crippen LogP contribution is -2.42. The van der Waals surface area contributed by atoms with Gasteiger partial charge in [0, 0.05) is 47.4 Å². The van der Waals surface area contributed by atoms with Gasteiger partial charge in [-0.2, -0.15) is 17.9 Å². The number of carboxylic acids is 1. The molecule has 1 fully saturated rings. The van der Waals surface area contributed by atoms with Gasteiger partial charge >= 0.3 is 12.1 Å². The average Bonchev–Trinajstić information content (AvgIpc) is 3.38. The monoisotopic (exact) mass is 564 g/mol. The van der Waals surface area contributed by atoms with Gasteiger partial charge in [0.15, 0.2) is 0 Å². The first kappa shape index (κ1) is 27.6. The van der Waals surface area contributed by atoms with E-state index in [-0.39, 0.29) is 10.1 Å². The first-order chi connectivity index (χ1) is 16.9. The SMILES string of the molecule is O=C(O)C(F)(F)F.O=C1[C@@H](NS(=O)(=O)c2cc3ccc(Cl)cc3s2)CCN1CCNc1ccncc1. The van der Waals surface area contributed by atoms with E-state index in [1.165, 1.54) is 0 Å². The number of sulfonamides is 1. The van der Waals surface area contributed by atoms with Crippen LogP contribution in [0, 0.1) is 0 Å². The minimum absolute atomic E-state index is 0.181. The zero-order valence-electron chi connectivity index (χ0n) is 18.3. The van der Waals surface area contributed by atoms with Gasteiger partial charge in [-0.25, -0.2) is 13.2 Å². The first-order valence-electron chi connectivity index (χ1n) is 10.3. The van der Waals surface area contributed by atoms with Crippen LogP contribution < -0.4 is 10.0 Å². The van der Waals surface area contributed by atoms with Crippen molar-refractivity contribution in [1.29, 1.82) is 0 Å². The molecule has 3 aromatic rings. The Hall–Kier alpha value is -2.94. The summed E-state index contributed by atoms with van der Waals surface area (Å²) < 4.78 is 60.8. The number of halogens is 4. The summed E-state index contributed by atoms with van der Waals surface area (Å²) >= 11 is 7.12. The number of rotatable bonds is 7. The van der Waals surface area contributed by atoms with Crippen molar-refractivity contribution in [1.82, 2.24) is 14.6 Å². The van der Waals surface area contributed by atoms with Crippen molar-refractivity contribution in [3.05, 3.63) is 53.8 Å². The highest BCUT2D eigenvalue weighted by Crippen LogP contribution is 2.31. The number of amides is 1. The summed E-state index contributed by atoms with van der Waals surface area (Å²) in [6.45, 7) is 1.60. The highest BCUT2D eigenvalue weighted by Gasteiger charge is 2.38. The number of hydrogen-bond donors (Lipinski definition) is 3. The van der Waals surface area contributed by atoms with E-state index in [0.717, 1.165) is 27.1 Å². The number of fused-ring (bicyclic) bond motifs is 1. The average molecular weight is 565 g/mol. The highest BCUT2D eigenvalue weighted by molar-refractivity contribution is 7.91. The molecule has 1 amide bonds. The largest absolute Gasteiger partial charge is 0.490 e. The summed E-state index contributed by atoms with van der Waals surface area (Å²) in [6.07, 6.45) is -1.25. The number of aromatic nitrogens is 1. The second-order valence-electron chi connectivity index (χ2n) is 7.50. The molecular weight excluding hydrogens is 545 g/mol.